The third kappa shape index (κ3) is 5.20. The largest absolute Gasteiger partial charge is 0.508 e. The standard InChI is InChI=1S/C23H20N12O3/c24-22-28-32-34(30-22)26-11-13-1-7-19(37)17(9-13)21(15-3-5-16(36)6-4-15)18-10-14(2-8-20(18)38)12-27-35-31-23(25)29-33-35/h1-12,21,36-38H,(H2,24,30)(H2,25,31)/b26-11+,27-12+. The normalized spacial score (nSPS) is 11.7. The van der Waals surface area contributed by atoms with Gasteiger partial charge in [-0.3, -0.25) is 0 Å². The summed E-state index contributed by atoms with van der Waals surface area (Å²) in [7, 11) is 0. The highest BCUT2D eigenvalue weighted by molar-refractivity contribution is 5.82. The van der Waals surface area contributed by atoms with Gasteiger partial charge >= 0.3 is 0 Å². The first-order chi connectivity index (χ1) is 18.4. The van der Waals surface area contributed by atoms with Gasteiger partial charge in [0.25, 0.3) is 11.9 Å². The first-order valence-corrected chi connectivity index (χ1v) is 11.0. The highest BCUT2D eigenvalue weighted by Gasteiger charge is 2.24. The van der Waals surface area contributed by atoms with E-state index in [1.54, 1.807) is 36.4 Å². The van der Waals surface area contributed by atoms with Crippen LogP contribution in [0.15, 0.2) is 70.9 Å². The van der Waals surface area contributed by atoms with Crippen LogP contribution in [-0.4, -0.2) is 68.4 Å². The SMILES string of the molecule is Nc1nnn(/N=C/c2ccc(O)c(C(c3ccc(O)cc3)c3cc(/C=N/n4nnc(N)n4)ccc3O)c2)n1. The molecule has 0 amide bonds. The van der Waals surface area contributed by atoms with Crippen molar-refractivity contribution >= 4 is 24.3 Å². The summed E-state index contributed by atoms with van der Waals surface area (Å²) in [6.07, 6.45) is 2.94. The molecule has 190 valence electrons. The van der Waals surface area contributed by atoms with Crippen molar-refractivity contribution in [3.8, 4) is 17.2 Å². The van der Waals surface area contributed by atoms with E-state index in [0.29, 0.717) is 27.8 Å². The molecular weight excluding hydrogens is 492 g/mol. The van der Waals surface area contributed by atoms with E-state index in [1.165, 1.54) is 36.7 Å². The van der Waals surface area contributed by atoms with E-state index in [4.69, 9.17) is 11.5 Å². The van der Waals surface area contributed by atoms with Crippen LogP contribution in [0.2, 0.25) is 0 Å². The summed E-state index contributed by atoms with van der Waals surface area (Å²) in [5, 5.41) is 61.9. The van der Waals surface area contributed by atoms with E-state index in [-0.39, 0.29) is 29.1 Å². The third-order valence-corrected chi connectivity index (χ3v) is 5.41. The molecule has 5 rings (SSSR count). The molecule has 38 heavy (non-hydrogen) atoms. The molecule has 0 aliphatic rings. The zero-order valence-electron chi connectivity index (χ0n) is 19.5. The molecule has 2 heterocycles. The summed E-state index contributed by atoms with van der Waals surface area (Å²) >= 11 is 0. The maximum Gasteiger partial charge on any atom is 0.263 e. The van der Waals surface area contributed by atoms with E-state index in [1.807, 2.05) is 0 Å². The molecule has 15 heteroatoms. The highest BCUT2D eigenvalue weighted by Crippen LogP contribution is 2.41. The average Bonchev–Trinajstić information content (AvgIpc) is 3.53. The number of nitrogens with zero attached hydrogens (tertiary/aromatic N) is 10. The fourth-order valence-corrected chi connectivity index (χ4v) is 3.73. The second-order valence-electron chi connectivity index (χ2n) is 7.98. The number of hydrogen-bond acceptors (Lipinski definition) is 13. The number of aromatic nitrogens is 8. The monoisotopic (exact) mass is 512 g/mol. The Labute approximate surface area is 214 Å². The van der Waals surface area contributed by atoms with Crippen molar-refractivity contribution in [2.75, 3.05) is 11.5 Å². The summed E-state index contributed by atoms with van der Waals surface area (Å²) in [6.45, 7) is 0. The van der Waals surface area contributed by atoms with Crippen molar-refractivity contribution in [2.45, 2.75) is 5.92 Å². The Kier molecular flexibility index (Phi) is 6.29. The number of phenolic OH excluding ortho intramolecular Hbond substituents is 3. The van der Waals surface area contributed by atoms with Gasteiger partial charge in [0.2, 0.25) is 0 Å². The van der Waals surface area contributed by atoms with Crippen LogP contribution in [0.3, 0.4) is 0 Å². The van der Waals surface area contributed by atoms with Gasteiger partial charge in [-0.25, -0.2) is 0 Å². The molecule has 0 aliphatic heterocycles. The Morgan fingerprint density at radius 3 is 1.58 bits per heavy atom. The molecule has 5 aromatic rings. The van der Waals surface area contributed by atoms with Crippen LogP contribution in [0.4, 0.5) is 11.9 Å². The number of nitrogen functional groups attached to an aromatic ring is 2. The number of phenols is 3. The lowest BCUT2D eigenvalue weighted by Gasteiger charge is -2.22. The lowest BCUT2D eigenvalue weighted by atomic mass is 9.83. The van der Waals surface area contributed by atoms with Gasteiger partial charge in [0.15, 0.2) is 0 Å². The summed E-state index contributed by atoms with van der Waals surface area (Å²) in [4.78, 5) is 1.93. The summed E-state index contributed by atoms with van der Waals surface area (Å²) in [6, 6.07) is 16.2. The number of tetrazole rings is 2. The van der Waals surface area contributed by atoms with Crippen molar-refractivity contribution in [1.82, 2.24) is 40.6 Å². The minimum atomic E-state index is -0.655. The molecule has 0 radical (unpaired) electrons. The summed E-state index contributed by atoms with van der Waals surface area (Å²) in [5.74, 6) is -0.682. The smallest absolute Gasteiger partial charge is 0.263 e. The Hall–Kier alpha value is -5.86. The van der Waals surface area contributed by atoms with Crippen molar-refractivity contribution in [2.24, 2.45) is 10.2 Å². The number of anilines is 2. The molecule has 0 aliphatic carbocycles. The van der Waals surface area contributed by atoms with Crippen LogP contribution in [0, 0.1) is 0 Å². The zero-order valence-corrected chi connectivity index (χ0v) is 19.5. The van der Waals surface area contributed by atoms with E-state index in [9.17, 15) is 15.3 Å². The van der Waals surface area contributed by atoms with Crippen LogP contribution in [0.5, 0.6) is 17.2 Å². The first-order valence-electron chi connectivity index (χ1n) is 11.0. The van der Waals surface area contributed by atoms with Gasteiger partial charge in [-0.05, 0) is 85.5 Å². The highest BCUT2D eigenvalue weighted by atomic mass is 16.3. The summed E-state index contributed by atoms with van der Waals surface area (Å²) < 4.78 is 0. The molecule has 7 N–H and O–H groups in total. The topological polar surface area (TPSA) is 225 Å². The predicted octanol–water partition coefficient (Wildman–Crippen LogP) is 0.885. The molecule has 3 aromatic carbocycles. The van der Waals surface area contributed by atoms with Gasteiger partial charge in [-0.2, -0.15) is 0 Å². The van der Waals surface area contributed by atoms with Gasteiger partial charge in [-0.15, -0.1) is 10.2 Å². The van der Waals surface area contributed by atoms with Gasteiger partial charge in [-0.1, -0.05) is 32.5 Å². The third-order valence-electron chi connectivity index (χ3n) is 5.41. The lowest BCUT2D eigenvalue weighted by molar-refractivity contribution is 0.458. The quantitative estimate of drug-likeness (QED) is 0.152. The molecule has 15 nitrogen and oxygen atoms in total. The zero-order chi connectivity index (χ0) is 26.6. The van der Waals surface area contributed by atoms with Crippen molar-refractivity contribution in [1.29, 1.82) is 0 Å². The Balaban J connectivity index is 1.59. The maximum absolute atomic E-state index is 10.9. The van der Waals surface area contributed by atoms with Crippen LogP contribution < -0.4 is 11.5 Å². The van der Waals surface area contributed by atoms with Gasteiger partial charge in [0.05, 0.1) is 12.4 Å². The minimum absolute atomic E-state index is 0.0240. The van der Waals surface area contributed by atoms with Gasteiger partial charge in [0.1, 0.15) is 17.2 Å². The lowest BCUT2D eigenvalue weighted by Crippen LogP contribution is -2.06. The van der Waals surface area contributed by atoms with Crippen LogP contribution >= 0.6 is 0 Å². The van der Waals surface area contributed by atoms with Crippen LogP contribution in [0.1, 0.15) is 33.7 Å². The Morgan fingerprint density at radius 1 is 0.684 bits per heavy atom. The number of rotatable bonds is 7. The number of nitrogens with two attached hydrogens (primary N) is 2. The fourth-order valence-electron chi connectivity index (χ4n) is 3.73. The van der Waals surface area contributed by atoms with Gasteiger partial charge < -0.3 is 26.8 Å². The van der Waals surface area contributed by atoms with Crippen LogP contribution in [0.25, 0.3) is 0 Å². The Morgan fingerprint density at radius 2 is 1.16 bits per heavy atom. The fraction of sp³-hybridized carbons (Fsp3) is 0.0435. The second-order valence-corrected chi connectivity index (χ2v) is 7.98. The first kappa shape index (κ1) is 23.9. The minimum Gasteiger partial charge on any atom is -0.508 e. The molecule has 2 aromatic heterocycles. The molecule has 0 saturated carbocycles. The molecule has 0 unspecified atom stereocenters. The number of hydrogen-bond donors (Lipinski definition) is 5. The molecule has 0 spiro atoms. The number of aromatic hydroxyl groups is 3. The van der Waals surface area contributed by atoms with Crippen molar-refractivity contribution in [3.05, 3.63) is 88.5 Å². The van der Waals surface area contributed by atoms with E-state index in [2.05, 4.69) is 41.0 Å². The van der Waals surface area contributed by atoms with E-state index in [0.717, 1.165) is 9.81 Å². The molecule has 0 saturated heterocycles. The second kappa shape index (κ2) is 10.0. The molecule has 0 atom stereocenters. The van der Waals surface area contributed by atoms with E-state index >= 15 is 0 Å². The van der Waals surface area contributed by atoms with Crippen molar-refractivity contribution < 1.29 is 15.3 Å². The Bertz CT molecular complexity index is 1540. The number of benzene rings is 3. The van der Waals surface area contributed by atoms with Crippen LogP contribution in [-0.2, 0) is 0 Å². The van der Waals surface area contributed by atoms with E-state index < -0.39 is 5.92 Å². The van der Waals surface area contributed by atoms with Crippen molar-refractivity contribution in [3.63, 3.8) is 0 Å². The molecular formula is C23H20N12O3. The molecule has 0 bridgehead atoms. The maximum atomic E-state index is 10.9. The average molecular weight is 512 g/mol. The van der Waals surface area contributed by atoms with Gasteiger partial charge in [0, 0.05) is 17.0 Å². The predicted molar refractivity (Wildman–Crippen MR) is 136 cm³/mol. The summed E-state index contributed by atoms with van der Waals surface area (Å²) in [5.41, 5.74) is 13.8. The molecule has 0 fully saturated rings.